The summed E-state index contributed by atoms with van der Waals surface area (Å²) in [5.74, 6) is -1.35. The summed E-state index contributed by atoms with van der Waals surface area (Å²) in [6.07, 6.45) is 0.737. The van der Waals surface area contributed by atoms with Gasteiger partial charge in [-0.25, -0.2) is 9.59 Å². The lowest BCUT2D eigenvalue weighted by atomic mass is 9.96. The van der Waals surface area contributed by atoms with Crippen molar-refractivity contribution in [3.8, 4) is 0 Å². The molecule has 0 bridgehead atoms. The number of nitrogens with one attached hydrogen (secondary N) is 2. The lowest BCUT2D eigenvalue weighted by Gasteiger charge is -2.18. The number of hydrogen-bond donors (Lipinski definition) is 3. The van der Waals surface area contributed by atoms with Crippen LogP contribution in [-0.4, -0.2) is 28.6 Å². The van der Waals surface area contributed by atoms with Crippen LogP contribution in [0.5, 0.6) is 0 Å². The van der Waals surface area contributed by atoms with E-state index in [9.17, 15) is 14.4 Å². The molecule has 1 heterocycles. The predicted molar refractivity (Wildman–Crippen MR) is 60.2 cm³/mol. The van der Waals surface area contributed by atoms with Gasteiger partial charge in [-0.2, -0.15) is 0 Å². The van der Waals surface area contributed by atoms with Crippen molar-refractivity contribution in [1.29, 1.82) is 0 Å². The van der Waals surface area contributed by atoms with Crippen molar-refractivity contribution in [3.63, 3.8) is 0 Å². The molecule has 1 saturated heterocycles. The van der Waals surface area contributed by atoms with Crippen LogP contribution in [0.2, 0.25) is 0 Å². The molecule has 0 unspecified atom stereocenters. The Balaban J connectivity index is 1.98. The molecular weight excluding hydrogens is 236 g/mol. The van der Waals surface area contributed by atoms with E-state index in [1.165, 1.54) is 6.07 Å². The second kappa shape index (κ2) is 3.32. The smallest absolute Gasteiger partial charge is 0.335 e. The van der Waals surface area contributed by atoms with E-state index in [1.54, 1.807) is 12.1 Å². The molecule has 1 atom stereocenters. The number of aromatic carboxylic acids is 1. The van der Waals surface area contributed by atoms with Crippen molar-refractivity contribution in [3.05, 3.63) is 34.9 Å². The molecule has 1 aliphatic heterocycles. The summed E-state index contributed by atoms with van der Waals surface area (Å²) in [7, 11) is 0. The first-order valence-corrected chi connectivity index (χ1v) is 5.49. The van der Waals surface area contributed by atoms with Gasteiger partial charge in [0.15, 0.2) is 0 Å². The summed E-state index contributed by atoms with van der Waals surface area (Å²) < 4.78 is 0. The SMILES string of the molecule is O=C1NC(=O)[C@@]2(Cc3ccc(C(=O)O)cc3C2)N1. The van der Waals surface area contributed by atoms with E-state index < -0.39 is 17.5 Å². The molecule has 0 saturated carbocycles. The fraction of sp³-hybridized carbons (Fsp3) is 0.250. The van der Waals surface area contributed by atoms with Crippen molar-refractivity contribution < 1.29 is 19.5 Å². The molecule has 3 amide bonds. The minimum Gasteiger partial charge on any atom is -0.478 e. The van der Waals surface area contributed by atoms with Gasteiger partial charge in [-0.3, -0.25) is 10.1 Å². The molecule has 6 heteroatoms. The first kappa shape index (κ1) is 10.8. The van der Waals surface area contributed by atoms with Gasteiger partial charge < -0.3 is 10.4 Å². The summed E-state index contributed by atoms with van der Waals surface area (Å²) >= 11 is 0. The van der Waals surface area contributed by atoms with Gasteiger partial charge in [0.2, 0.25) is 0 Å². The number of hydrogen-bond acceptors (Lipinski definition) is 3. The molecule has 1 aromatic carbocycles. The number of rotatable bonds is 1. The Kier molecular flexibility index (Phi) is 1.98. The maximum Gasteiger partial charge on any atom is 0.335 e. The summed E-state index contributed by atoms with van der Waals surface area (Å²) in [5, 5.41) is 13.8. The number of imide groups is 1. The highest BCUT2D eigenvalue weighted by atomic mass is 16.4. The highest BCUT2D eigenvalue weighted by molar-refractivity contribution is 6.07. The van der Waals surface area contributed by atoms with Crippen LogP contribution < -0.4 is 10.6 Å². The van der Waals surface area contributed by atoms with Crippen LogP contribution in [0, 0.1) is 0 Å². The fourth-order valence-electron chi connectivity index (χ4n) is 2.59. The Labute approximate surface area is 102 Å². The molecule has 1 fully saturated rings. The van der Waals surface area contributed by atoms with Crippen LogP contribution in [0.25, 0.3) is 0 Å². The minimum atomic E-state index is -1.00. The monoisotopic (exact) mass is 246 g/mol. The van der Waals surface area contributed by atoms with Crippen molar-refractivity contribution in [2.24, 2.45) is 0 Å². The van der Waals surface area contributed by atoms with E-state index in [1.807, 2.05) is 0 Å². The third kappa shape index (κ3) is 1.38. The molecule has 1 spiro atoms. The van der Waals surface area contributed by atoms with Gasteiger partial charge in [-0.15, -0.1) is 0 Å². The summed E-state index contributed by atoms with van der Waals surface area (Å²) in [6, 6.07) is 4.27. The Hall–Kier alpha value is -2.37. The van der Waals surface area contributed by atoms with Gasteiger partial charge in [0, 0.05) is 12.8 Å². The van der Waals surface area contributed by atoms with Crippen LogP contribution in [0.3, 0.4) is 0 Å². The molecule has 6 nitrogen and oxygen atoms in total. The molecule has 0 radical (unpaired) electrons. The van der Waals surface area contributed by atoms with E-state index in [-0.39, 0.29) is 11.5 Å². The van der Waals surface area contributed by atoms with E-state index in [4.69, 9.17) is 5.11 Å². The number of amides is 3. The highest BCUT2D eigenvalue weighted by Gasteiger charge is 2.49. The van der Waals surface area contributed by atoms with Gasteiger partial charge in [0.1, 0.15) is 5.54 Å². The average molecular weight is 246 g/mol. The molecule has 1 aromatic rings. The maximum atomic E-state index is 11.8. The summed E-state index contributed by atoms with van der Waals surface area (Å²) in [4.78, 5) is 33.9. The first-order chi connectivity index (χ1) is 8.50. The third-order valence-corrected chi connectivity index (χ3v) is 3.45. The largest absolute Gasteiger partial charge is 0.478 e. The number of carbonyl (C=O) groups is 3. The number of carboxylic acids is 1. The van der Waals surface area contributed by atoms with Crippen LogP contribution in [0.1, 0.15) is 21.5 Å². The number of fused-ring (bicyclic) bond motifs is 1. The topological polar surface area (TPSA) is 95.5 Å². The van der Waals surface area contributed by atoms with Crippen LogP contribution >= 0.6 is 0 Å². The Morgan fingerprint density at radius 2 is 1.94 bits per heavy atom. The van der Waals surface area contributed by atoms with Crippen LogP contribution in [-0.2, 0) is 17.6 Å². The highest BCUT2D eigenvalue weighted by Crippen LogP contribution is 2.32. The Bertz CT molecular complexity index is 596. The summed E-state index contributed by atoms with van der Waals surface area (Å²) in [5.41, 5.74) is 0.955. The van der Waals surface area contributed by atoms with E-state index in [2.05, 4.69) is 10.6 Å². The number of benzene rings is 1. The standard InChI is InChI=1S/C12H10N2O4/c15-9(16)6-1-2-7-4-12(5-8(7)3-6)10(17)13-11(18)14-12/h1-3H,4-5H2,(H,15,16)(H2,13,14,17,18)/t12-/m0/s1. The van der Waals surface area contributed by atoms with Gasteiger partial charge in [0.25, 0.3) is 5.91 Å². The predicted octanol–water partition coefficient (Wildman–Crippen LogP) is 0.0616. The molecule has 0 aromatic heterocycles. The van der Waals surface area contributed by atoms with Gasteiger partial charge >= 0.3 is 12.0 Å². The average Bonchev–Trinajstić information content (AvgIpc) is 2.78. The lowest BCUT2D eigenvalue weighted by Crippen LogP contribution is -2.47. The zero-order valence-corrected chi connectivity index (χ0v) is 9.32. The van der Waals surface area contributed by atoms with E-state index in [0.717, 1.165) is 11.1 Å². The molecular formula is C12H10N2O4. The minimum absolute atomic E-state index is 0.190. The van der Waals surface area contributed by atoms with E-state index >= 15 is 0 Å². The first-order valence-electron chi connectivity index (χ1n) is 5.49. The number of urea groups is 1. The Morgan fingerprint density at radius 3 is 2.56 bits per heavy atom. The van der Waals surface area contributed by atoms with Gasteiger partial charge in [-0.1, -0.05) is 6.07 Å². The third-order valence-electron chi connectivity index (χ3n) is 3.45. The normalized spacial score (nSPS) is 24.9. The summed E-state index contributed by atoms with van der Waals surface area (Å²) in [6.45, 7) is 0. The Morgan fingerprint density at radius 1 is 1.22 bits per heavy atom. The quantitative estimate of drug-likeness (QED) is 0.610. The van der Waals surface area contributed by atoms with Crippen molar-refractivity contribution in [2.75, 3.05) is 0 Å². The molecule has 1 aliphatic carbocycles. The molecule has 18 heavy (non-hydrogen) atoms. The number of carboxylic acid groups (broad SMARTS) is 1. The lowest BCUT2D eigenvalue weighted by molar-refractivity contribution is -0.123. The van der Waals surface area contributed by atoms with Crippen LogP contribution in [0.15, 0.2) is 18.2 Å². The molecule has 3 rings (SSSR count). The molecule has 3 N–H and O–H groups in total. The molecule has 92 valence electrons. The second-order valence-electron chi connectivity index (χ2n) is 4.63. The zero-order chi connectivity index (χ0) is 12.9. The van der Waals surface area contributed by atoms with Crippen molar-refractivity contribution in [1.82, 2.24) is 10.6 Å². The number of carbonyl (C=O) groups excluding carboxylic acids is 2. The van der Waals surface area contributed by atoms with Gasteiger partial charge in [0.05, 0.1) is 5.56 Å². The van der Waals surface area contributed by atoms with Crippen molar-refractivity contribution in [2.45, 2.75) is 18.4 Å². The second-order valence-corrected chi connectivity index (χ2v) is 4.63. The maximum absolute atomic E-state index is 11.8. The zero-order valence-electron chi connectivity index (χ0n) is 9.32. The van der Waals surface area contributed by atoms with E-state index in [0.29, 0.717) is 12.8 Å². The molecule has 2 aliphatic rings. The fourth-order valence-corrected chi connectivity index (χ4v) is 2.59. The van der Waals surface area contributed by atoms with Crippen molar-refractivity contribution >= 4 is 17.9 Å². The van der Waals surface area contributed by atoms with Gasteiger partial charge in [-0.05, 0) is 23.3 Å². The van der Waals surface area contributed by atoms with Crippen LogP contribution in [0.4, 0.5) is 4.79 Å².